The van der Waals surface area contributed by atoms with Crippen LogP contribution in [0, 0.1) is 11.5 Å². The predicted octanol–water partition coefficient (Wildman–Crippen LogP) is 2.21. The maximum Gasteiger partial charge on any atom is 0.183 e. The summed E-state index contributed by atoms with van der Waals surface area (Å²) in [4.78, 5) is 2.58. The van der Waals surface area contributed by atoms with Crippen LogP contribution in [0.15, 0.2) is 4.99 Å². The number of nitrogens with zero attached hydrogens (tertiary/aromatic N) is 4. The molecule has 0 bridgehead atoms. The van der Waals surface area contributed by atoms with Crippen LogP contribution in [0.25, 0.3) is 5.41 Å². The Hall–Kier alpha value is -1.21. The van der Waals surface area contributed by atoms with Crippen LogP contribution < -0.4 is 0 Å². The molecule has 0 N–H and O–H groups in total. The molecule has 0 aromatic rings. The van der Waals surface area contributed by atoms with Crippen LogP contribution in [0.4, 0.5) is 0 Å². The highest BCUT2D eigenvalue weighted by molar-refractivity contribution is 5.46. The minimum absolute atomic E-state index is 0.382. The molecule has 0 atom stereocenters. The topological polar surface area (TPSA) is 67.7 Å². The molecule has 0 aromatic carbocycles. The molecule has 96 valence electrons. The molecule has 1 heterocycles. The second kappa shape index (κ2) is 8.89. The number of hydrogen-bond donors (Lipinski definition) is 0. The molecule has 5 nitrogen and oxygen atoms in total. The Kier molecular flexibility index (Phi) is 8.25. The van der Waals surface area contributed by atoms with Crippen molar-refractivity contribution in [3.05, 3.63) is 5.41 Å². The van der Waals surface area contributed by atoms with Crippen LogP contribution in [0.5, 0.6) is 0 Å². The van der Waals surface area contributed by atoms with Crippen molar-refractivity contribution in [2.75, 3.05) is 26.4 Å². The first-order chi connectivity index (χ1) is 8.10. The van der Waals surface area contributed by atoms with E-state index in [1.165, 1.54) is 49.2 Å². The van der Waals surface area contributed by atoms with Gasteiger partial charge in [0, 0.05) is 12.8 Å². The molecular formula is C12H22N4O. The van der Waals surface area contributed by atoms with E-state index in [0.29, 0.717) is 6.10 Å². The lowest BCUT2D eigenvalue weighted by Crippen LogP contribution is -2.47. The first-order valence-corrected chi connectivity index (χ1v) is 6.05. The zero-order valence-corrected chi connectivity index (χ0v) is 11.0. The maximum atomic E-state index is 7.43. The Morgan fingerprint density at radius 3 is 2.29 bits per heavy atom. The Bertz CT molecular complexity index is 283. The van der Waals surface area contributed by atoms with Crippen LogP contribution >= 0.6 is 0 Å². The van der Waals surface area contributed by atoms with Crippen LogP contribution in [0.3, 0.4) is 0 Å². The van der Waals surface area contributed by atoms with Gasteiger partial charge in [0.25, 0.3) is 0 Å². The summed E-state index contributed by atoms with van der Waals surface area (Å²) in [6.07, 6.45) is 4.43. The molecule has 0 radical (unpaired) electrons. The largest absolute Gasteiger partial charge is 0.422 e. The van der Waals surface area contributed by atoms with Gasteiger partial charge in [-0.15, -0.1) is 6.01 Å². The smallest absolute Gasteiger partial charge is 0.183 e. The Morgan fingerprint density at radius 1 is 1.41 bits per heavy atom. The first kappa shape index (κ1) is 15.8. The number of ether oxygens (including phenoxy) is 1. The molecule has 5 heteroatoms. The van der Waals surface area contributed by atoms with Gasteiger partial charge in [-0.05, 0) is 20.8 Å². The third-order valence-corrected chi connectivity index (χ3v) is 2.97. The minimum atomic E-state index is 0.382. The van der Waals surface area contributed by atoms with E-state index in [4.69, 9.17) is 15.4 Å². The molecule has 0 saturated carbocycles. The molecule has 17 heavy (non-hydrogen) atoms. The van der Waals surface area contributed by atoms with Gasteiger partial charge in [0.15, 0.2) is 6.73 Å². The molecule has 1 saturated heterocycles. The summed E-state index contributed by atoms with van der Waals surface area (Å²) in [7, 11) is 0. The molecular weight excluding hydrogens is 216 g/mol. The summed E-state index contributed by atoms with van der Waals surface area (Å²) < 4.78 is 6.88. The van der Waals surface area contributed by atoms with Crippen molar-refractivity contribution >= 4 is 6.01 Å². The minimum Gasteiger partial charge on any atom is -0.422 e. The lowest BCUT2D eigenvalue weighted by molar-refractivity contribution is -0.934. The number of aliphatic imine (C=N–C) groups is 1. The molecule has 0 aliphatic carbocycles. The number of quaternary nitrogens is 1. The van der Waals surface area contributed by atoms with Gasteiger partial charge in [-0.1, -0.05) is 0 Å². The normalized spacial score (nSPS) is 16.6. The highest BCUT2D eigenvalue weighted by Gasteiger charge is 2.30. The Balaban J connectivity index is 0.000000437. The third kappa shape index (κ3) is 6.85. The average molecular weight is 238 g/mol. The van der Waals surface area contributed by atoms with Gasteiger partial charge < -0.3 is 19.6 Å². The number of hydrogen-bond acceptors (Lipinski definition) is 3. The third-order valence-electron chi connectivity index (χ3n) is 2.97. The Labute approximate surface area is 104 Å². The van der Waals surface area contributed by atoms with E-state index in [-0.39, 0.29) is 0 Å². The van der Waals surface area contributed by atoms with Crippen LogP contribution in [-0.4, -0.2) is 43.0 Å². The van der Waals surface area contributed by atoms with E-state index in [1.807, 2.05) is 0 Å². The molecule has 0 amide bonds. The average Bonchev–Trinajstić information content (AvgIpc) is 2.78. The molecule has 1 fully saturated rings. The summed E-state index contributed by atoms with van der Waals surface area (Å²) >= 11 is 0. The first-order valence-electron chi connectivity index (χ1n) is 6.05. The van der Waals surface area contributed by atoms with Crippen molar-refractivity contribution in [1.29, 1.82) is 5.26 Å². The van der Waals surface area contributed by atoms with E-state index in [1.54, 1.807) is 0 Å². The van der Waals surface area contributed by atoms with Gasteiger partial charge in [-0.3, -0.25) is 0 Å². The zero-order valence-electron chi connectivity index (χ0n) is 11.0. The van der Waals surface area contributed by atoms with Gasteiger partial charge in [0.2, 0.25) is 0 Å². The molecule has 0 unspecified atom stereocenters. The van der Waals surface area contributed by atoms with E-state index in [2.05, 4.69) is 25.8 Å². The summed E-state index contributed by atoms with van der Waals surface area (Å²) in [5, 5.41) is 14.9. The summed E-state index contributed by atoms with van der Waals surface area (Å²) in [5.74, 6) is 0. The SMILES string of the molecule is CC[N+]1(COC(C)C)CCCC1.N#CN=C=[N-]. The molecule has 1 aliphatic heterocycles. The summed E-state index contributed by atoms with van der Waals surface area (Å²) in [6, 6.07) is 1.28. The van der Waals surface area contributed by atoms with Crippen molar-refractivity contribution in [1.82, 2.24) is 0 Å². The molecule has 1 rings (SSSR count). The highest BCUT2D eigenvalue weighted by Crippen LogP contribution is 2.19. The van der Waals surface area contributed by atoms with Crippen LogP contribution in [0.2, 0.25) is 0 Å². The monoisotopic (exact) mass is 238 g/mol. The predicted molar refractivity (Wildman–Crippen MR) is 67.3 cm³/mol. The lowest BCUT2D eigenvalue weighted by Gasteiger charge is -2.33. The quantitative estimate of drug-likeness (QED) is 0.428. The van der Waals surface area contributed by atoms with Gasteiger partial charge in [-0.2, -0.15) is 5.26 Å². The number of likely N-dealkylation sites (tertiary alicyclic amines) is 1. The fraction of sp³-hybridized carbons (Fsp3) is 0.833. The van der Waals surface area contributed by atoms with Crippen molar-refractivity contribution < 1.29 is 9.22 Å². The number of nitriles is 1. The maximum absolute atomic E-state index is 7.43. The van der Waals surface area contributed by atoms with Gasteiger partial charge in [0.1, 0.15) is 0 Å². The zero-order chi connectivity index (χ0) is 13.1. The summed E-state index contributed by atoms with van der Waals surface area (Å²) in [6.45, 7) is 11.3. The van der Waals surface area contributed by atoms with E-state index in [9.17, 15) is 0 Å². The molecule has 0 spiro atoms. The lowest BCUT2D eigenvalue weighted by atomic mass is 10.4. The fourth-order valence-corrected chi connectivity index (χ4v) is 1.87. The fourth-order valence-electron chi connectivity index (χ4n) is 1.87. The van der Waals surface area contributed by atoms with Crippen molar-refractivity contribution in [3.63, 3.8) is 0 Å². The van der Waals surface area contributed by atoms with Crippen molar-refractivity contribution in [2.24, 2.45) is 4.99 Å². The van der Waals surface area contributed by atoms with E-state index >= 15 is 0 Å². The van der Waals surface area contributed by atoms with Crippen LogP contribution in [-0.2, 0) is 4.74 Å². The molecule has 1 aliphatic rings. The number of rotatable bonds is 4. The van der Waals surface area contributed by atoms with E-state index in [0.717, 1.165) is 6.73 Å². The van der Waals surface area contributed by atoms with Crippen molar-refractivity contribution in [2.45, 2.75) is 39.7 Å². The highest BCUT2D eigenvalue weighted by atomic mass is 16.5. The van der Waals surface area contributed by atoms with Gasteiger partial charge in [0.05, 0.1) is 31.9 Å². The van der Waals surface area contributed by atoms with E-state index < -0.39 is 0 Å². The standard InChI is InChI=1S/C10H22NO.C2N3/c1-4-11(7-5-6-8-11)9-12-10(2)3;3-1-5-2-4/h10H,4-9H2,1-3H3;/q+1;-1. The summed E-state index contributed by atoms with van der Waals surface area (Å²) in [5.41, 5.74) is 0. The van der Waals surface area contributed by atoms with Crippen LogP contribution in [0.1, 0.15) is 33.6 Å². The second-order valence-electron chi connectivity index (χ2n) is 4.47. The van der Waals surface area contributed by atoms with Gasteiger partial charge in [-0.25, -0.2) is 0 Å². The Morgan fingerprint density at radius 2 is 2.00 bits per heavy atom. The second-order valence-corrected chi connectivity index (χ2v) is 4.47. The van der Waals surface area contributed by atoms with Gasteiger partial charge >= 0.3 is 0 Å². The van der Waals surface area contributed by atoms with Crippen molar-refractivity contribution in [3.8, 4) is 6.19 Å². The molecule has 0 aromatic heterocycles.